The van der Waals surface area contributed by atoms with Crippen molar-refractivity contribution < 1.29 is 9.90 Å². The summed E-state index contributed by atoms with van der Waals surface area (Å²) < 4.78 is 0. The minimum atomic E-state index is -0.700. The molecule has 0 spiro atoms. The molecule has 1 heterocycles. The molecule has 1 aliphatic rings. The van der Waals surface area contributed by atoms with Gasteiger partial charge in [0.25, 0.3) is 0 Å². The lowest BCUT2D eigenvalue weighted by Crippen LogP contribution is -2.33. The van der Waals surface area contributed by atoms with Crippen molar-refractivity contribution in [3.63, 3.8) is 0 Å². The zero-order chi connectivity index (χ0) is 9.68. The zero-order valence-electron chi connectivity index (χ0n) is 8.03. The molecule has 76 valence electrons. The van der Waals surface area contributed by atoms with Gasteiger partial charge < -0.3 is 10.0 Å². The van der Waals surface area contributed by atoms with E-state index in [4.69, 9.17) is 5.11 Å². The average molecular weight is 203 g/mol. The Hall–Kier alpha value is -0.220. The Kier molecular flexibility index (Phi) is 4.59. The van der Waals surface area contributed by atoms with Crippen LogP contribution in [0.3, 0.4) is 0 Å². The third-order valence-electron chi connectivity index (χ3n) is 2.30. The number of nitrogens with zero attached hydrogens (tertiary/aromatic N) is 1. The van der Waals surface area contributed by atoms with E-state index in [0.717, 1.165) is 12.3 Å². The molecule has 0 amide bonds. The maximum absolute atomic E-state index is 10.3. The van der Waals surface area contributed by atoms with Crippen LogP contribution in [0, 0.1) is 5.92 Å². The lowest BCUT2D eigenvalue weighted by Gasteiger charge is -2.29. The van der Waals surface area contributed by atoms with Gasteiger partial charge in [-0.15, -0.1) is 11.8 Å². The Morgan fingerprint density at radius 1 is 1.69 bits per heavy atom. The number of carbonyl (C=O) groups is 1. The quantitative estimate of drug-likeness (QED) is 0.744. The first-order chi connectivity index (χ1) is 6.18. The SMILES string of the molecule is CN1CCC[C@@H](CSCC(=O)O)C1. The number of aliphatic carboxylic acids is 1. The first-order valence-electron chi connectivity index (χ1n) is 4.66. The molecule has 0 aromatic carbocycles. The maximum Gasteiger partial charge on any atom is 0.313 e. The lowest BCUT2D eigenvalue weighted by molar-refractivity contribution is -0.133. The van der Waals surface area contributed by atoms with Crippen LogP contribution in [0.25, 0.3) is 0 Å². The molecule has 1 aliphatic heterocycles. The smallest absolute Gasteiger partial charge is 0.313 e. The summed E-state index contributed by atoms with van der Waals surface area (Å²) in [5, 5.41) is 8.46. The van der Waals surface area contributed by atoms with Crippen LogP contribution >= 0.6 is 11.8 Å². The molecule has 0 unspecified atom stereocenters. The van der Waals surface area contributed by atoms with Gasteiger partial charge >= 0.3 is 5.97 Å². The van der Waals surface area contributed by atoms with Crippen molar-refractivity contribution in [1.29, 1.82) is 0 Å². The van der Waals surface area contributed by atoms with Crippen molar-refractivity contribution in [3.8, 4) is 0 Å². The molecule has 0 radical (unpaired) electrons. The number of thioether (sulfide) groups is 1. The Bertz CT molecular complexity index is 175. The second-order valence-electron chi connectivity index (χ2n) is 3.68. The molecular formula is C9H17NO2S. The van der Waals surface area contributed by atoms with Gasteiger partial charge in [-0.3, -0.25) is 4.79 Å². The number of carboxylic acids is 1. The second kappa shape index (κ2) is 5.50. The molecule has 0 aromatic heterocycles. The van der Waals surface area contributed by atoms with Gasteiger partial charge in [-0.25, -0.2) is 0 Å². The summed E-state index contributed by atoms with van der Waals surface area (Å²) >= 11 is 1.54. The Labute approximate surface area is 83.5 Å². The molecule has 0 aliphatic carbocycles. The van der Waals surface area contributed by atoms with E-state index in [-0.39, 0.29) is 5.75 Å². The van der Waals surface area contributed by atoms with Gasteiger partial charge in [-0.2, -0.15) is 0 Å². The van der Waals surface area contributed by atoms with E-state index in [1.165, 1.54) is 19.4 Å². The fourth-order valence-electron chi connectivity index (χ4n) is 1.72. The average Bonchev–Trinajstić information content (AvgIpc) is 2.03. The highest BCUT2D eigenvalue weighted by atomic mass is 32.2. The van der Waals surface area contributed by atoms with Gasteiger partial charge in [0, 0.05) is 6.54 Å². The van der Waals surface area contributed by atoms with Gasteiger partial charge in [-0.1, -0.05) is 0 Å². The summed E-state index contributed by atoms with van der Waals surface area (Å²) in [6.45, 7) is 2.33. The minimum absolute atomic E-state index is 0.250. The third-order valence-corrected chi connectivity index (χ3v) is 3.46. The topological polar surface area (TPSA) is 40.5 Å². The first-order valence-corrected chi connectivity index (χ1v) is 5.82. The number of hydrogen-bond acceptors (Lipinski definition) is 3. The minimum Gasteiger partial charge on any atom is -0.481 e. The summed E-state index contributed by atoms with van der Waals surface area (Å²) in [4.78, 5) is 12.6. The molecule has 0 saturated carbocycles. The maximum atomic E-state index is 10.3. The largest absolute Gasteiger partial charge is 0.481 e. The Balaban J connectivity index is 2.10. The number of likely N-dealkylation sites (tertiary alicyclic amines) is 1. The number of carboxylic acid groups (broad SMARTS) is 1. The monoisotopic (exact) mass is 203 g/mol. The van der Waals surface area contributed by atoms with Crippen molar-refractivity contribution >= 4 is 17.7 Å². The van der Waals surface area contributed by atoms with Crippen molar-refractivity contribution in [2.75, 3.05) is 31.6 Å². The number of rotatable bonds is 4. The van der Waals surface area contributed by atoms with E-state index < -0.39 is 5.97 Å². The molecule has 1 rings (SSSR count). The summed E-state index contributed by atoms with van der Waals surface area (Å²) in [5.74, 6) is 1.24. The van der Waals surface area contributed by atoms with Gasteiger partial charge in [0.05, 0.1) is 5.75 Å². The van der Waals surface area contributed by atoms with Crippen LogP contribution in [0.1, 0.15) is 12.8 Å². The first kappa shape index (κ1) is 10.9. The van der Waals surface area contributed by atoms with E-state index >= 15 is 0 Å². The standard InChI is InChI=1S/C9H17NO2S/c1-10-4-2-3-8(5-10)6-13-7-9(11)12/h8H,2-7H2,1H3,(H,11,12)/t8-/m1/s1. The summed E-state index contributed by atoms with van der Waals surface area (Å²) in [6, 6.07) is 0. The zero-order valence-corrected chi connectivity index (χ0v) is 8.85. The highest BCUT2D eigenvalue weighted by molar-refractivity contribution is 7.99. The highest BCUT2D eigenvalue weighted by Crippen LogP contribution is 2.19. The molecule has 0 bridgehead atoms. The van der Waals surface area contributed by atoms with Crippen LogP contribution in [0.2, 0.25) is 0 Å². The van der Waals surface area contributed by atoms with Crippen LogP contribution in [-0.4, -0.2) is 47.6 Å². The van der Waals surface area contributed by atoms with Gasteiger partial charge in [0.2, 0.25) is 0 Å². The van der Waals surface area contributed by atoms with Gasteiger partial charge in [-0.05, 0) is 38.1 Å². The lowest BCUT2D eigenvalue weighted by atomic mass is 10.0. The van der Waals surface area contributed by atoms with Crippen molar-refractivity contribution in [2.45, 2.75) is 12.8 Å². The molecule has 1 atom stereocenters. The third kappa shape index (κ3) is 4.52. The molecule has 1 N–H and O–H groups in total. The highest BCUT2D eigenvalue weighted by Gasteiger charge is 2.16. The fourth-order valence-corrected chi connectivity index (χ4v) is 2.62. The molecule has 1 saturated heterocycles. The molecule has 4 heteroatoms. The predicted molar refractivity (Wildman–Crippen MR) is 55.2 cm³/mol. The van der Waals surface area contributed by atoms with Crippen molar-refractivity contribution in [1.82, 2.24) is 4.90 Å². The van der Waals surface area contributed by atoms with Crippen LogP contribution in [0.15, 0.2) is 0 Å². The van der Waals surface area contributed by atoms with Gasteiger partial charge in [0.1, 0.15) is 0 Å². The van der Waals surface area contributed by atoms with Crippen LogP contribution in [-0.2, 0) is 4.79 Å². The van der Waals surface area contributed by atoms with E-state index in [1.54, 1.807) is 11.8 Å². The molecule has 13 heavy (non-hydrogen) atoms. The predicted octanol–water partition coefficient (Wildman–Crippen LogP) is 1.15. The summed E-state index contributed by atoms with van der Waals surface area (Å²) in [7, 11) is 2.13. The van der Waals surface area contributed by atoms with E-state index in [2.05, 4.69) is 11.9 Å². The molecule has 1 fully saturated rings. The van der Waals surface area contributed by atoms with Crippen LogP contribution in [0.4, 0.5) is 0 Å². The Morgan fingerprint density at radius 3 is 3.08 bits per heavy atom. The normalized spacial score (nSPS) is 24.5. The second-order valence-corrected chi connectivity index (χ2v) is 4.71. The molecule has 0 aromatic rings. The van der Waals surface area contributed by atoms with Crippen molar-refractivity contribution in [3.05, 3.63) is 0 Å². The molecule has 3 nitrogen and oxygen atoms in total. The van der Waals surface area contributed by atoms with E-state index in [1.807, 2.05) is 0 Å². The van der Waals surface area contributed by atoms with Crippen molar-refractivity contribution in [2.24, 2.45) is 5.92 Å². The number of hydrogen-bond donors (Lipinski definition) is 1. The van der Waals surface area contributed by atoms with Crippen LogP contribution < -0.4 is 0 Å². The summed E-state index contributed by atoms with van der Waals surface area (Å²) in [6.07, 6.45) is 2.52. The molecular weight excluding hydrogens is 186 g/mol. The van der Waals surface area contributed by atoms with E-state index in [9.17, 15) is 4.79 Å². The Morgan fingerprint density at radius 2 is 2.46 bits per heavy atom. The van der Waals surface area contributed by atoms with E-state index in [0.29, 0.717) is 5.92 Å². The fraction of sp³-hybridized carbons (Fsp3) is 0.889. The van der Waals surface area contributed by atoms with Gasteiger partial charge in [0.15, 0.2) is 0 Å². The number of piperidine rings is 1. The summed E-state index contributed by atoms with van der Waals surface area (Å²) in [5.41, 5.74) is 0. The van der Waals surface area contributed by atoms with Crippen LogP contribution in [0.5, 0.6) is 0 Å².